The van der Waals surface area contributed by atoms with Gasteiger partial charge in [0.05, 0.1) is 20.3 Å². The number of benzene rings is 1. The van der Waals surface area contributed by atoms with Crippen molar-refractivity contribution in [3.05, 3.63) is 49.9 Å². The number of rotatable bonds is 4. The summed E-state index contributed by atoms with van der Waals surface area (Å²) in [6.45, 7) is 4.80. The molecule has 2 rings (SSSR count). The van der Waals surface area contributed by atoms with Crippen molar-refractivity contribution >= 4 is 31.9 Å². The van der Waals surface area contributed by atoms with Crippen LogP contribution in [0.25, 0.3) is 0 Å². The summed E-state index contributed by atoms with van der Waals surface area (Å²) in [5.74, 6) is -0.281. The van der Waals surface area contributed by atoms with Crippen molar-refractivity contribution in [2.45, 2.75) is 32.9 Å². The van der Waals surface area contributed by atoms with Crippen LogP contribution in [0.1, 0.15) is 29.9 Å². The third-order valence-electron chi connectivity index (χ3n) is 3.24. The first-order valence-corrected chi connectivity index (χ1v) is 7.95. The summed E-state index contributed by atoms with van der Waals surface area (Å²) >= 11 is 6.75. The topological polar surface area (TPSA) is 43.8 Å². The smallest absolute Gasteiger partial charge is 0.137 e. The summed E-state index contributed by atoms with van der Waals surface area (Å²) in [5, 5.41) is 4.45. The molecule has 3 nitrogen and oxygen atoms in total. The normalized spacial score (nSPS) is 12.7. The second-order valence-electron chi connectivity index (χ2n) is 4.65. The van der Waals surface area contributed by atoms with E-state index in [9.17, 15) is 4.39 Å². The molecule has 108 valence electrons. The van der Waals surface area contributed by atoms with Crippen LogP contribution >= 0.6 is 31.9 Å². The van der Waals surface area contributed by atoms with Crippen molar-refractivity contribution in [3.63, 3.8) is 0 Å². The van der Waals surface area contributed by atoms with Gasteiger partial charge < -0.3 is 5.73 Å². The van der Waals surface area contributed by atoms with E-state index in [0.717, 1.165) is 28.0 Å². The minimum absolute atomic E-state index is 0.204. The van der Waals surface area contributed by atoms with Gasteiger partial charge >= 0.3 is 0 Å². The quantitative estimate of drug-likeness (QED) is 0.832. The third-order valence-corrected chi connectivity index (χ3v) is 4.88. The lowest BCUT2D eigenvalue weighted by Crippen LogP contribution is -2.16. The molecule has 0 saturated carbocycles. The van der Waals surface area contributed by atoms with Gasteiger partial charge in [0.2, 0.25) is 0 Å². The van der Waals surface area contributed by atoms with Crippen LogP contribution in [-0.4, -0.2) is 9.78 Å². The lowest BCUT2D eigenvalue weighted by molar-refractivity contribution is 0.584. The maximum absolute atomic E-state index is 13.3. The molecule has 0 amide bonds. The number of nitrogens with two attached hydrogens (primary N) is 1. The number of nitrogens with zero attached hydrogens (tertiary/aromatic N) is 2. The van der Waals surface area contributed by atoms with Gasteiger partial charge in [-0.25, -0.2) is 4.39 Å². The Morgan fingerprint density at radius 2 is 2.10 bits per heavy atom. The van der Waals surface area contributed by atoms with E-state index in [1.807, 2.05) is 18.5 Å². The zero-order valence-electron chi connectivity index (χ0n) is 11.3. The molecule has 0 aliphatic carbocycles. The monoisotopic (exact) mass is 403 g/mol. The highest BCUT2D eigenvalue weighted by atomic mass is 79.9. The summed E-state index contributed by atoms with van der Waals surface area (Å²) < 4.78 is 16.6. The van der Waals surface area contributed by atoms with Crippen molar-refractivity contribution in [1.82, 2.24) is 9.78 Å². The van der Waals surface area contributed by atoms with Crippen molar-refractivity contribution in [1.29, 1.82) is 0 Å². The summed E-state index contributed by atoms with van der Waals surface area (Å²) in [6, 6.07) is 4.67. The van der Waals surface area contributed by atoms with E-state index < -0.39 is 0 Å². The van der Waals surface area contributed by atoms with Gasteiger partial charge in [-0.3, -0.25) is 4.68 Å². The molecule has 2 N–H and O–H groups in total. The minimum Gasteiger partial charge on any atom is -0.324 e. The number of aromatic nitrogens is 2. The van der Waals surface area contributed by atoms with Gasteiger partial charge in [-0.2, -0.15) is 5.10 Å². The van der Waals surface area contributed by atoms with Crippen LogP contribution in [0.4, 0.5) is 4.39 Å². The molecule has 0 fully saturated rings. The van der Waals surface area contributed by atoms with Gasteiger partial charge in [0.25, 0.3) is 0 Å². The van der Waals surface area contributed by atoms with Crippen LogP contribution in [0.2, 0.25) is 0 Å². The average molecular weight is 405 g/mol. The highest BCUT2D eigenvalue weighted by molar-refractivity contribution is 9.10. The van der Waals surface area contributed by atoms with Crippen molar-refractivity contribution in [2.24, 2.45) is 5.73 Å². The number of hydrogen-bond donors (Lipinski definition) is 1. The Labute approximate surface area is 134 Å². The van der Waals surface area contributed by atoms with Crippen LogP contribution in [0.3, 0.4) is 0 Å². The molecular weight excluding hydrogens is 389 g/mol. The molecule has 2 aromatic rings. The van der Waals surface area contributed by atoms with Crippen LogP contribution < -0.4 is 5.73 Å². The fourth-order valence-electron chi connectivity index (χ4n) is 2.13. The van der Waals surface area contributed by atoms with Gasteiger partial charge in [0, 0.05) is 19.0 Å². The Hall–Kier alpha value is -0.720. The molecule has 20 heavy (non-hydrogen) atoms. The van der Waals surface area contributed by atoms with Gasteiger partial charge in [0.15, 0.2) is 0 Å². The van der Waals surface area contributed by atoms with E-state index in [2.05, 4.69) is 37.0 Å². The van der Waals surface area contributed by atoms with Gasteiger partial charge in [-0.15, -0.1) is 0 Å². The van der Waals surface area contributed by atoms with Crippen molar-refractivity contribution in [3.8, 4) is 0 Å². The molecule has 0 saturated heterocycles. The Balaban J connectivity index is 2.27. The second-order valence-corrected chi connectivity index (χ2v) is 6.29. The Morgan fingerprint density at radius 1 is 1.40 bits per heavy atom. The molecule has 0 aliphatic rings. The average Bonchev–Trinajstić information content (AvgIpc) is 2.69. The highest BCUT2D eigenvalue weighted by Gasteiger charge is 2.17. The predicted molar refractivity (Wildman–Crippen MR) is 85.1 cm³/mol. The molecule has 1 unspecified atom stereocenters. The van der Waals surface area contributed by atoms with Gasteiger partial charge in [-0.1, -0.05) is 6.07 Å². The molecule has 0 radical (unpaired) electrons. The van der Waals surface area contributed by atoms with Crippen molar-refractivity contribution in [2.75, 3.05) is 0 Å². The van der Waals surface area contributed by atoms with Crippen LogP contribution in [0.15, 0.2) is 27.1 Å². The molecule has 1 aromatic carbocycles. The molecule has 0 bridgehead atoms. The Kier molecular flexibility index (Phi) is 4.99. The largest absolute Gasteiger partial charge is 0.324 e. The van der Waals surface area contributed by atoms with Crippen LogP contribution in [0, 0.1) is 12.7 Å². The van der Waals surface area contributed by atoms with Gasteiger partial charge in [-0.05, 0) is 63.4 Å². The van der Waals surface area contributed by atoms with E-state index in [4.69, 9.17) is 5.73 Å². The molecule has 1 heterocycles. The summed E-state index contributed by atoms with van der Waals surface area (Å²) in [5.41, 5.74) is 9.16. The summed E-state index contributed by atoms with van der Waals surface area (Å²) in [7, 11) is 0. The lowest BCUT2D eigenvalue weighted by atomic mass is 10.0. The molecule has 0 aliphatic heterocycles. The third kappa shape index (κ3) is 3.13. The van der Waals surface area contributed by atoms with Crippen molar-refractivity contribution < 1.29 is 4.39 Å². The standard InChI is InChI=1S/C14H16Br2FN3/c1-3-20-13(14(16)8(2)19-20)7-12(18)9-4-5-11(17)10(15)6-9/h4-6,12H,3,7,18H2,1-2H3. The lowest BCUT2D eigenvalue weighted by Gasteiger charge is -2.14. The first-order valence-electron chi connectivity index (χ1n) is 6.36. The fraction of sp³-hybridized carbons (Fsp3) is 0.357. The number of hydrogen-bond acceptors (Lipinski definition) is 2. The first kappa shape index (κ1) is 15.7. The Bertz CT molecular complexity index is 625. The van der Waals surface area contributed by atoms with Crippen LogP contribution in [0.5, 0.6) is 0 Å². The van der Waals surface area contributed by atoms with E-state index in [-0.39, 0.29) is 11.9 Å². The maximum Gasteiger partial charge on any atom is 0.137 e. The molecular formula is C14H16Br2FN3. The SMILES string of the molecule is CCn1nc(C)c(Br)c1CC(N)c1ccc(F)c(Br)c1. The summed E-state index contributed by atoms with van der Waals surface area (Å²) in [6.07, 6.45) is 0.646. The summed E-state index contributed by atoms with van der Waals surface area (Å²) in [4.78, 5) is 0. The molecule has 6 heteroatoms. The first-order chi connectivity index (χ1) is 9.43. The Morgan fingerprint density at radius 3 is 2.70 bits per heavy atom. The predicted octanol–water partition coefficient (Wildman–Crippen LogP) is 4.12. The molecule has 1 aromatic heterocycles. The fourth-order valence-corrected chi connectivity index (χ4v) is 2.98. The van der Waals surface area contributed by atoms with E-state index in [0.29, 0.717) is 10.9 Å². The second kappa shape index (κ2) is 6.37. The number of aryl methyl sites for hydroxylation is 2. The van der Waals surface area contributed by atoms with E-state index in [1.54, 1.807) is 12.1 Å². The zero-order chi connectivity index (χ0) is 14.9. The maximum atomic E-state index is 13.3. The molecule has 0 spiro atoms. The van der Waals surface area contributed by atoms with E-state index in [1.165, 1.54) is 6.07 Å². The highest BCUT2D eigenvalue weighted by Crippen LogP contribution is 2.27. The minimum atomic E-state index is -0.281. The van der Waals surface area contributed by atoms with Gasteiger partial charge in [0.1, 0.15) is 5.82 Å². The van der Waals surface area contributed by atoms with Crippen LogP contribution in [-0.2, 0) is 13.0 Å². The molecule has 1 atom stereocenters. The zero-order valence-corrected chi connectivity index (χ0v) is 14.5. The van der Waals surface area contributed by atoms with E-state index >= 15 is 0 Å². The number of halogens is 3.